The van der Waals surface area contributed by atoms with Gasteiger partial charge in [-0.1, -0.05) is 0 Å². The van der Waals surface area contributed by atoms with Gasteiger partial charge < -0.3 is 14.0 Å². The maximum Gasteiger partial charge on any atom is 0.338 e. The first-order chi connectivity index (χ1) is 11.7. The highest BCUT2D eigenvalue weighted by Gasteiger charge is 2.24. The van der Waals surface area contributed by atoms with Crippen LogP contribution in [0.15, 0.2) is 16.6 Å². The second-order valence-electron chi connectivity index (χ2n) is 6.25. The molecule has 0 radical (unpaired) electrons. The standard InChI is InChI=1S/C17H21BrFO4PS/c1-6-22-24-15(19)14-12(18)10-7-9(16(20)23-17(2,3)4)8-11(21-5)13(10)25-14/h7-8,15,24H,6H2,1-5H3. The molecule has 0 aliphatic rings. The first-order valence-corrected chi connectivity index (χ1v) is 10.3. The molecule has 138 valence electrons. The minimum atomic E-state index is -1.22. The number of thiophene rings is 1. The minimum Gasteiger partial charge on any atom is -0.495 e. The van der Waals surface area contributed by atoms with Crippen molar-refractivity contribution in [1.82, 2.24) is 0 Å². The zero-order valence-electron chi connectivity index (χ0n) is 14.7. The van der Waals surface area contributed by atoms with E-state index in [1.54, 1.807) is 12.1 Å². The summed E-state index contributed by atoms with van der Waals surface area (Å²) < 4.78 is 31.9. The van der Waals surface area contributed by atoms with E-state index >= 15 is 0 Å². The van der Waals surface area contributed by atoms with E-state index < -0.39 is 17.5 Å². The Balaban J connectivity index is 2.49. The number of benzene rings is 1. The SMILES string of the molecule is CCOPC(F)c1sc2c(OC)cc(C(=O)OC(C)(C)C)cc2c1Br. The number of alkyl halides is 1. The van der Waals surface area contributed by atoms with Gasteiger partial charge in [-0.3, -0.25) is 0 Å². The monoisotopic (exact) mass is 450 g/mol. The number of fused-ring (bicyclic) bond motifs is 1. The van der Waals surface area contributed by atoms with Crippen LogP contribution in [0.5, 0.6) is 5.75 Å². The van der Waals surface area contributed by atoms with Crippen molar-refractivity contribution in [2.75, 3.05) is 13.7 Å². The van der Waals surface area contributed by atoms with Crippen LogP contribution in [0.2, 0.25) is 0 Å². The van der Waals surface area contributed by atoms with Gasteiger partial charge in [-0.15, -0.1) is 11.3 Å². The number of ether oxygens (including phenoxy) is 2. The Morgan fingerprint density at radius 2 is 2.08 bits per heavy atom. The first kappa shape index (κ1) is 20.6. The van der Waals surface area contributed by atoms with Crippen molar-refractivity contribution < 1.29 is 23.2 Å². The highest BCUT2D eigenvalue weighted by Crippen LogP contribution is 2.49. The van der Waals surface area contributed by atoms with Gasteiger partial charge >= 0.3 is 5.97 Å². The lowest BCUT2D eigenvalue weighted by atomic mass is 10.1. The summed E-state index contributed by atoms with van der Waals surface area (Å²) in [6.45, 7) is 7.72. The van der Waals surface area contributed by atoms with E-state index in [1.165, 1.54) is 18.4 Å². The van der Waals surface area contributed by atoms with Crippen molar-refractivity contribution in [3.8, 4) is 5.75 Å². The molecule has 2 unspecified atom stereocenters. The zero-order valence-corrected chi connectivity index (χ0v) is 18.1. The molecule has 0 aliphatic heterocycles. The largest absolute Gasteiger partial charge is 0.495 e. The molecule has 25 heavy (non-hydrogen) atoms. The van der Waals surface area contributed by atoms with Crippen LogP contribution in [0.1, 0.15) is 48.8 Å². The molecule has 2 aromatic rings. The molecule has 8 heteroatoms. The lowest BCUT2D eigenvalue weighted by Crippen LogP contribution is -2.23. The molecule has 4 nitrogen and oxygen atoms in total. The smallest absolute Gasteiger partial charge is 0.338 e. The molecule has 0 saturated heterocycles. The first-order valence-electron chi connectivity index (χ1n) is 7.72. The lowest BCUT2D eigenvalue weighted by molar-refractivity contribution is 0.00694. The third-order valence-corrected chi connectivity index (χ3v) is 6.67. The quantitative estimate of drug-likeness (QED) is 0.386. The number of hydrogen-bond donors (Lipinski definition) is 0. The molecule has 2 rings (SSSR count). The van der Waals surface area contributed by atoms with Crippen molar-refractivity contribution in [2.24, 2.45) is 0 Å². The highest BCUT2D eigenvalue weighted by atomic mass is 79.9. The number of hydrogen-bond acceptors (Lipinski definition) is 5. The van der Waals surface area contributed by atoms with Gasteiger partial charge in [0.05, 0.1) is 31.1 Å². The molecular weight excluding hydrogens is 430 g/mol. The second-order valence-corrected chi connectivity index (χ2v) is 9.13. The van der Waals surface area contributed by atoms with Gasteiger partial charge in [0, 0.05) is 16.5 Å². The number of esters is 1. The van der Waals surface area contributed by atoms with Crippen LogP contribution in [-0.2, 0) is 9.26 Å². The maximum absolute atomic E-state index is 14.5. The molecule has 0 amide bonds. The summed E-state index contributed by atoms with van der Waals surface area (Å²) in [5, 5.41) is 0.726. The zero-order chi connectivity index (χ0) is 18.8. The topological polar surface area (TPSA) is 44.8 Å². The Hall–Kier alpha value is -0.750. The van der Waals surface area contributed by atoms with Crippen LogP contribution < -0.4 is 4.74 Å². The van der Waals surface area contributed by atoms with E-state index in [0.717, 1.165) is 10.1 Å². The van der Waals surface area contributed by atoms with Gasteiger partial charge in [-0.25, -0.2) is 9.18 Å². The molecule has 0 spiro atoms. The van der Waals surface area contributed by atoms with Crippen LogP contribution in [0.3, 0.4) is 0 Å². The summed E-state index contributed by atoms with van der Waals surface area (Å²) >= 11 is 4.76. The number of halogens is 2. The fourth-order valence-corrected chi connectivity index (χ4v) is 5.16. The second kappa shape index (κ2) is 8.30. The van der Waals surface area contributed by atoms with E-state index in [9.17, 15) is 9.18 Å². The predicted octanol–water partition coefficient (Wildman–Crippen LogP) is 6.23. The predicted molar refractivity (Wildman–Crippen MR) is 105 cm³/mol. The Bertz CT molecular complexity index is 772. The van der Waals surface area contributed by atoms with Crippen LogP contribution in [-0.4, -0.2) is 25.3 Å². The van der Waals surface area contributed by atoms with Crippen molar-refractivity contribution in [3.63, 3.8) is 0 Å². The van der Waals surface area contributed by atoms with Crippen molar-refractivity contribution in [3.05, 3.63) is 27.0 Å². The number of carbonyl (C=O) groups is 1. The molecule has 0 saturated carbocycles. The van der Waals surface area contributed by atoms with Crippen molar-refractivity contribution in [2.45, 2.75) is 39.2 Å². The molecule has 0 bridgehead atoms. The minimum absolute atomic E-state index is 0.272. The van der Waals surface area contributed by atoms with Gasteiger partial charge in [-0.2, -0.15) is 0 Å². The lowest BCUT2D eigenvalue weighted by Gasteiger charge is -2.19. The van der Waals surface area contributed by atoms with Gasteiger partial charge in [0.1, 0.15) is 11.4 Å². The molecular formula is C17H21BrFO4PS. The summed E-state index contributed by atoms with van der Waals surface area (Å²) in [7, 11) is 1.25. The Labute approximate surface area is 161 Å². The van der Waals surface area contributed by atoms with E-state index in [2.05, 4.69) is 15.9 Å². The molecule has 2 atom stereocenters. The molecule has 1 aromatic heterocycles. The maximum atomic E-state index is 14.5. The van der Waals surface area contributed by atoms with E-state index in [1.807, 2.05) is 27.7 Å². The van der Waals surface area contributed by atoms with Crippen LogP contribution in [0, 0.1) is 0 Å². The molecule has 0 N–H and O–H groups in total. The van der Waals surface area contributed by atoms with Crippen molar-refractivity contribution >= 4 is 52.1 Å². The van der Waals surface area contributed by atoms with Gasteiger partial charge in [0.2, 0.25) is 0 Å². The summed E-state index contributed by atoms with van der Waals surface area (Å²) in [5.41, 5.74) is -0.231. The summed E-state index contributed by atoms with van der Waals surface area (Å²) in [4.78, 5) is 12.9. The van der Waals surface area contributed by atoms with Crippen LogP contribution >= 0.6 is 36.1 Å². The van der Waals surface area contributed by atoms with Crippen LogP contribution in [0.4, 0.5) is 4.39 Å². The van der Waals surface area contributed by atoms with Gasteiger partial charge in [-0.05, 0) is 55.8 Å². The highest BCUT2D eigenvalue weighted by molar-refractivity contribution is 9.10. The number of carbonyl (C=O) groups excluding carboxylic acids is 1. The number of rotatable bonds is 6. The third kappa shape index (κ3) is 4.91. The average molecular weight is 451 g/mol. The van der Waals surface area contributed by atoms with E-state index in [-0.39, 0.29) is 8.81 Å². The van der Waals surface area contributed by atoms with Crippen molar-refractivity contribution in [1.29, 1.82) is 0 Å². The van der Waals surface area contributed by atoms with Gasteiger partial charge in [0.25, 0.3) is 0 Å². The number of methoxy groups -OCH3 is 1. The molecule has 0 fully saturated rings. The normalized spacial score (nSPS) is 13.6. The van der Waals surface area contributed by atoms with Crippen LogP contribution in [0.25, 0.3) is 10.1 Å². The Morgan fingerprint density at radius 1 is 1.40 bits per heavy atom. The summed E-state index contributed by atoms with van der Waals surface area (Å²) in [6, 6.07) is 3.33. The summed E-state index contributed by atoms with van der Waals surface area (Å²) in [5.74, 6) is -1.15. The van der Waals surface area contributed by atoms with E-state index in [0.29, 0.717) is 27.3 Å². The summed E-state index contributed by atoms with van der Waals surface area (Å²) in [6.07, 6.45) is 0. The Kier molecular flexibility index (Phi) is 6.82. The Morgan fingerprint density at radius 3 is 2.64 bits per heavy atom. The van der Waals surface area contributed by atoms with Gasteiger partial charge in [0.15, 0.2) is 5.91 Å². The molecule has 1 heterocycles. The average Bonchev–Trinajstić information content (AvgIpc) is 2.87. The fraction of sp³-hybridized carbons (Fsp3) is 0.471. The van der Waals surface area contributed by atoms with E-state index in [4.69, 9.17) is 14.0 Å². The molecule has 1 aromatic carbocycles. The third-order valence-electron chi connectivity index (χ3n) is 3.14. The fourth-order valence-electron chi connectivity index (χ4n) is 2.14. The molecule has 0 aliphatic carbocycles.